The molecule has 2 unspecified atom stereocenters. The molecule has 2 fully saturated rings. The lowest BCUT2D eigenvalue weighted by Crippen LogP contribution is -2.44. The summed E-state index contributed by atoms with van der Waals surface area (Å²) in [6, 6.07) is 12.7. The second-order valence-corrected chi connectivity index (χ2v) is 8.45. The lowest BCUT2D eigenvalue weighted by molar-refractivity contribution is -0.134. The maximum Gasteiger partial charge on any atom is 0.255 e. The summed E-state index contributed by atoms with van der Waals surface area (Å²) < 4.78 is 13.3. The van der Waals surface area contributed by atoms with E-state index in [1.165, 1.54) is 12.1 Å². The van der Waals surface area contributed by atoms with E-state index in [2.05, 4.69) is 5.32 Å². The number of benzene rings is 2. The highest BCUT2D eigenvalue weighted by Crippen LogP contribution is 2.42. The van der Waals surface area contributed by atoms with Crippen molar-refractivity contribution in [3.8, 4) is 0 Å². The molecule has 5 rings (SSSR count). The molecule has 2 aromatic rings. The molecule has 0 aromatic heterocycles. The number of rotatable bonds is 5. The fraction of sp³-hybridized carbons (Fsp3) is 0.375. The Hall–Kier alpha value is -3.22. The number of nitrogens with one attached hydrogen (secondary N) is 1. The number of hydrogen-bond acceptors (Lipinski definition) is 3. The number of amides is 3. The summed E-state index contributed by atoms with van der Waals surface area (Å²) in [7, 11) is 0. The summed E-state index contributed by atoms with van der Waals surface area (Å²) in [4.78, 5) is 42.2. The van der Waals surface area contributed by atoms with Gasteiger partial charge in [0.2, 0.25) is 11.8 Å². The minimum atomic E-state index is -0.685. The van der Waals surface area contributed by atoms with Gasteiger partial charge < -0.3 is 15.1 Å². The maximum absolute atomic E-state index is 13.3. The highest BCUT2D eigenvalue weighted by molar-refractivity contribution is 6.05. The van der Waals surface area contributed by atoms with Gasteiger partial charge >= 0.3 is 0 Å². The molecule has 1 aliphatic carbocycles. The number of nitrogens with zero attached hydrogens (tertiary/aromatic N) is 2. The molecule has 1 N–H and O–H groups in total. The zero-order chi connectivity index (χ0) is 21.5. The standard InChI is InChI=1S/C24H24FN3O3/c25-16-9-7-15(8-10-16)20-6-3-13-27(20)21(29)14-26-23(30)22-18-4-1-2-5-19(18)24(31)28(22)17-11-12-17/h1-2,4-5,7-10,17,20,22H,3,6,11-14H2,(H,26,30). The lowest BCUT2D eigenvalue weighted by atomic mass is 10.0. The second kappa shape index (κ2) is 7.80. The van der Waals surface area contributed by atoms with Crippen LogP contribution in [0.4, 0.5) is 4.39 Å². The van der Waals surface area contributed by atoms with E-state index in [9.17, 15) is 18.8 Å². The molecule has 7 heteroatoms. The van der Waals surface area contributed by atoms with Gasteiger partial charge in [0.1, 0.15) is 11.9 Å². The van der Waals surface area contributed by atoms with Crippen LogP contribution in [0.15, 0.2) is 48.5 Å². The van der Waals surface area contributed by atoms with E-state index >= 15 is 0 Å². The van der Waals surface area contributed by atoms with Gasteiger partial charge in [0.15, 0.2) is 0 Å². The number of hydrogen-bond donors (Lipinski definition) is 1. The molecule has 3 amide bonds. The molecule has 0 bridgehead atoms. The van der Waals surface area contributed by atoms with E-state index in [4.69, 9.17) is 0 Å². The van der Waals surface area contributed by atoms with Crippen molar-refractivity contribution in [3.63, 3.8) is 0 Å². The van der Waals surface area contributed by atoms with Crippen LogP contribution in [0.2, 0.25) is 0 Å². The first-order valence-electron chi connectivity index (χ1n) is 10.8. The van der Waals surface area contributed by atoms with Gasteiger partial charge in [0, 0.05) is 18.2 Å². The van der Waals surface area contributed by atoms with Crippen LogP contribution >= 0.6 is 0 Å². The Balaban J connectivity index is 1.28. The smallest absolute Gasteiger partial charge is 0.255 e. The third kappa shape index (κ3) is 3.58. The summed E-state index contributed by atoms with van der Waals surface area (Å²) in [5.41, 5.74) is 2.17. The Kier molecular flexibility index (Phi) is 4.96. The van der Waals surface area contributed by atoms with E-state index < -0.39 is 6.04 Å². The van der Waals surface area contributed by atoms with Crippen LogP contribution in [0.3, 0.4) is 0 Å². The van der Waals surface area contributed by atoms with Crippen LogP contribution in [-0.2, 0) is 9.59 Å². The van der Waals surface area contributed by atoms with Gasteiger partial charge in [0.25, 0.3) is 5.91 Å². The number of fused-ring (bicyclic) bond motifs is 1. The van der Waals surface area contributed by atoms with Gasteiger partial charge in [-0.3, -0.25) is 14.4 Å². The van der Waals surface area contributed by atoms with Crippen molar-refractivity contribution < 1.29 is 18.8 Å². The van der Waals surface area contributed by atoms with Crippen molar-refractivity contribution >= 4 is 17.7 Å². The Bertz CT molecular complexity index is 1030. The van der Waals surface area contributed by atoms with E-state index in [1.807, 2.05) is 12.1 Å². The molecule has 2 aliphatic heterocycles. The van der Waals surface area contributed by atoms with Gasteiger partial charge in [-0.15, -0.1) is 0 Å². The number of likely N-dealkylation sites (tertiary alicyclic amines) is 1. The molecular weight excluding hydrogens is 397 g/mol. The first kappa shape index (κ1) is 19.7. The third-order valence-corrected chi connectivity index (χ3v) is 6.43. The van der Waals surface area contributed by atoms with Gasteiger partial charge in [0.05, 0.1) is 12.6 Å². The quantitative estimate of drug-likeness (QED) is 0.807. The molecule has 2 aromatic carbocycles. The van der Waals surface area contributed by atoms with Crippen molar-refractivity contribution in [2.45, 2.75) is 43.8 Å². The normalized spacial score (nSPS) is 22.5. The van der Waals surface area contributed by atoms with Crippen LogP contribution in [-0.4, -0.2) is 46.7 Å². The fourth-order valence-corrected chi connectivity index (χ4v) is 4.79. The highest BCUT2D eigenvalue weighted by atomic mass is 19.1. The summed E-state index contributed by atoms with van der Waals surface area (Å²) in [5.74, 6) is -0.911. The third-order valence-electron chi connectivity index (χ3n) is 6.43. The van der Waals surface area contributed by atoms with E-state index in [0.717, 1.165) is 31.2 Å². The zero-order valence-electron chi connectivity index (χ0n) is 17.1. The first-order chi connectivity index (χ1) is 15.0. The predicted molar refractivity (Wildman–Crippen MR) is 111 cm³/mol. The Morgan fingerprint density at radius 2 is 1.77 bits per heavy atom. The van der Waals surface area contributed by atoms with Gasteiger partial charge in [-0.1, -0.05) is 30.3 Å². The van der Waals surface area contributed by atoms with E-state index in [1.54, 1.807) is 34.1 Å². The van der Waals surface area contributed by atoms with Crippen LogP contribution in [0.25, 0.3) is 0 Å². The van der Waals surface area contributed by atoms with Crippen molar-refractivity contribution in [2.75, 3.05) is 13.1 Å². The lowest BCUT2D eigenvalue weighted by Gasteiger charge is -2.27. The molecule has 31 heavy (non-hydrogen) atoms. The highest BCUT2D eigenvalue weighted by Gasteiger charge is 2.47. The largest absolute Gasteiger partial charge is 0.345 e. The molecule has 1 saturated carbocycles. The SMILES string of the molecule is O=C(NCC(=O)N1CCCC1c1ccc(F)cc1)C1c2ccccc2C(=O)N1C1CC1. The van der Waals surface area contributed by atoms with Crippen molar-refractivity contribution in [2.24, 2.45) is 0 Å². The molecule has 0 radical (unpaired) electrons. The van der Waals surface area contributed by atoms with E-state index in [-0.39, 0.29) is 42.2 Å². The average molecular weight is 421 g/mol. The summed E-state index contributed by atoms with van der Waals surface area (Å²) in [6.07, 6.45) is 3.47. The maximum atomic E-state index is 13.3. The predicted octanol–water partition coefficient (Wildman–Crippen LogP) is 2.96. The molecule has 160 valence electrons. The Labute approximate surface area is 180 Å². The van der Waals surface area contributed by atoms with Crippen LogP contribution < -0.4 is 5.32 Å². The Morgan fingerprint density at radius 1 is 1.03 bits per heavy atom. The molecule has 2 atom stereocenters. The fourth-order valence-electron chi connectivity index (χ4n) is 4.79. The van der Waals surface area contributed by atoms with Crippen molar-refractivity contribution in [1.82, 2.24) is 15.1 Å². The monoisotopic (exact) mass is 421 g/mol. The molecule has 6 nitrogen and oxygen atoms in total. The van der Waals surface area contributed by atoms with Crippen molar-refractivity contribution in [1.29, 1.82) is 0 Å². The Morgan fingerprint density at radius 3 is 2.52 bits per heavy atom. The van der Waals surface area contributed by atoms with Crippen LogP contribution in [0.5, 0.6) is 0 Å². The molecule has 1 saturated heterocycles. The summed E-state index contributed by atoms with van der Waals surface area (Å²) in [6.45, 7) is 0.484. The topological polar surface area (TPSA) is 69.7 Å². The molecule has 2 heterocycles. The minimum absolute atomic E-state index is 0.0905. The van der Waals surface area contributed by atoms with Crippen LogP contribution in [0.1, 0.15) is 59.3 Å². The van der Waals surface area contributed by atoms with Gasteiger partial charge in [-0.05, 0) is 55.0 Å². The number of carbonyl (C=O) groups excluding carboxylic acids is 3. The summed E-state index contributed by atoms with van der Waals surface area (Å²) in [5, 5.41) is 2.77. The molecular formula is C24H24FN3O3. The number of halogens is 1. The van der Waals surface area contributed by atoms with E-state index in [0.29, 0.717) is 17.7 Å². The van der Waals surface area contributed by atoms with Crippen molar-refractivity contribution in [3.05, 3.63) is 71.0 Å². The second-order valence-electron chi connectivity index (χ2n) is 8.45. The van der Waals surface area contributed by atoms with Crippen LogP contribution in [0, 0.1) is 5.82 Å². The van der Waals surface area contributed by atoms with Gasteiger partial charge in [-0.25, -0.2) is 4.39 Å². The van der Waals surface area contributed by atoms with Gasteiger partial charge in [-0.2, -0.15) is 0 Å². The summed E-state index contributed by atoms with van der Waals surface area (Å²) >= 11 is 0. The molecule has 0 spiro atoms. The zero-order valence-corrected chi connectivity index (χ0v) is 17.1. The number of carbonyl (C=O) groups is 3. The average Bonchev–Trinajstić information content (AvgIpc) is 3.42. The first-order valence-corrected chi connectivity index (χ1v) is 10.8. The molecule has 3 aliphatic rings. The minimum Gasteiger partial charge on any atom is -0.345 e.